The molecule has 0 aromatic carbocycles. The van der Waals surface area contributed by atoms with Crippen LogP contribution in [0.2, 0.25) is 39.3 Å². The Kier molecular flexibility index (Phi) is 6.75. The smallest absolute Gasteiger partial charge is 0.170 e. The van der Waals surface area contributed by atoms with Crippen LogP contribution < -0.4 is 0 Å². The summed E-state index contributed by atoms with van der Waals surface area (Å²) in [5.74, 6) is 6.20. The lowest BCUT2D eigenvalue weighted by atomic mass is 10.1. The molecular formula is C17H30O2Si2. The van der Waals surface area contributed by atoms with Gasteiger partial charge in [0.05, 0.1) is 13.2 Å². The molecule has 0 saturated carbocycles. The van der Waals surface area contributed by atoms with Gasteiger partial charge in [0.15, 0.2) is 5.79 Å². The van der Waals surface area contributed by atoms with Crippen LogP contribution in [-0.2, 0) is 9.47 Å². The molecular weight excluding hydrogens is 292 g/mol. The quantitative estimate of drug-likeness (QED) is 0.574. The zero-order chi connectivity index (χ0) is 16.0. The summed E-state index contributed by atoms with van der Waals surface area (Å²) >= 11 is 0. The predicted molar refractivity (Wildman–Crippen MR) is 95.3 cm³/mol. The van der Waals surface area contributed by atoms with Crippen molar-refractivity contribution < 1.29 is 9.47 Å². The number of ether oxygens (including phenoxy) is 2. The van der Waals surface area contributed by atoms with E-state index in [1.165, 1.54) is 0 Å². The van der Waals surface area contributed by atoms with Crippen LogP contribution in [0.1, 0.15) is 25.7 Å². The van der Waals surface area contributed by atoms with Gasteiger partial charge in [0, 0.05) is 25.7 Å². The Morgan fingerprint density at radius 2 is 1.14 bits per heavy atom. The van der Waals surface area contributed by atoms with Crippen molar-refractivity contribution in [3.05, 3.63) is 0 Å². The first-order valence-corrected chi connectivity index (χ1v) is 14.9. The van der Waals surface area contributed by atoms with Gasteiger partial charge in [0.1, 0.15) is 16.1 Å². The maximum atomic E-state index is 5.87. The summed E-state index contributed by atoms with van der Waals surface area (Å²) in [7, 11) is -2.54. The minimum Gasteiger partial charge on any atom is -0.347 e. The van der Waals surface area contributed by atoms with Crippen LogP contribution in [0.4, 0.5) is 0 Å². The standard InChI is InChI=1S/C17H30O2Si2/c1-20(2,3)15-9-7-11-17(18-13-14-19-17)12-8-10-16-21(4,5)6/h7-8,11-14H2,1-6H3. The Morgan fingerprint density at radius 1 is 0.762 bits per heavy atom. The molecule has 0 N–H and O–H groups in total. The van der Waals surface area contributed by atoms with E-state index in [0.717, 1.165) is 25.7 Å². The van der Waals surface area contributed by atoms with Crippen molar-refractivity contribution >= 4 is 16.1 Å². The largest absolute Gasteiger partial charge is 0.347 e. The van der Waals surface area contributed by atoms with Crippen molar-refractivity contribution in [3.63, 3.8) is 0 Å². The first-order valence-electron chi connectivity index (χ1n) is 7.90. The second-order valence-electron chi connectivity index (χ2n) is 7.71. The van der Waals surface area contributed by atoms with E-state index in [4.69, 9.17) is 9.47 Å². The molecule has 0 amide bonds. The minimum atomic E-state index is -1.27. The van der Waals surface area contributed by atoms with Gasteiger partial charge >= 0.3 is 0 Å². The van der Waals surface area contributed by atoms with Gasteiger partial charge in [-0.25, -0.2) is 0 Å². The van der Waals surface area contributed by atoms with Gasteiger partial charge in [-0.05, 0) is 0 Å². The molecule has 0 aliphatic carbocycles. The highest BCUT2D eigenvalue weighted by atomic mass is 28.3. The summed E-state index contributed by atoms with van der Waals surface area (Å²) in [6.45, 7) is 15.0. The van der Waals surface area contributed by atoms with E-state index in [1.807, 2.05) is 0 Å². The summed E-state index contributed by atoms with van der Waals surface area (Å²) in [6, 6.07) is 0. The van der Waals surface area contributed by atoms with Crippen LogP contribution in [0.5, 0.6) is 0 Å². The summed E-state index contributed by atoms with van der Waals surface area (Å²) in [5, 5.41) is 0. The molecule has 0 spiro atoms. The van der Waals surface area contributed by atoms with Crippen LogP contribution >= 0.6 is 0 Å². The van der Waals surface area contributed by atoms with Crippen LogP contribution in [-0.4, -0.2) is 35.1 Å². The number of hydrogen-bond acceptors (Lipinski definition) is 2. The van der Waals surface area contributed by atoms with Crippen molar-refractivity contribution in [2.45, 2.75) is 70.8 Å². The Bertz CT molecular complexity index is 406. The first kappa shape index (κ1) is 18.5. The molecule has 1 aliphatic heterocycles. The lowest BCUT2D eigenvalue weighted by Gasteiger charge is -2.26. The zero-order valence-corrected chi connectivity index (χ0v) is 16.6. The minimum absolute atomic E-state index is 0.428. The van der Waals surface area contributed by atoms with Crippen LogP contribution in [0.3, 0.4) is 0 Å². The van der Waals surface area contributed by atoms with E-state index in [0.29, 0.717) is 13.2 Å². The maximum Gasteiger partial charge on any atom is 0.170 e. The summed E-state index contributed by atoms with van der Waals surface area (Å²) in [5.41, 5.74) is 6.81. The molecule has 4 heteroatoms. The predicted octanol–water partition coefficient (Wildman–Crippen LogP) is 4.05. The number of hydrogen-bond donors (Lipinski definition) is 0. The topological polar surface area (TPSA) is 18.5 Å². The average Bonchev–Trinajstić information content (AvgIpc) is 2.78. The fourth-order valence-electron chi connectivity index (χ4n) is 2.07. The summed E-state index contributed by atoms with van der Waals surface area (Å²) in [6.07, 6.45) is 3.43. The van der Waals surface area contributed by atoms with Gasteiger partial charge in [-0.2, -0.15) is 0 Å². The molecule has 0 bridgehead atoms. The third-order valence-corrected chi connectivity index (χ3v) is 4.86. The van der Waals surface area contributed by atoms with E-state index in [1.54, 1.807) is 0 Å². The van der Waals surface area contributed by atoms with E-state index >= 15 is 0 Å². The highest BCUT2D eigenvalue weighted by molar-refractivity contribution is 6.84. The number of rotatable bonds is 4. The highest BCUT2D eigenvalue weighted by Crippen LogP contribution is 2.29. The van der Waals surface area contributed by atoms with Crippen LogP contribution in [0, 0.1) is 22.9 Å². The Hall–Kier alpha value is -0.526. The molecule has 21 heavy (non-hydrogen) atoms. The molecule has 1 rings (SSSR count). The zero-order valence-electron chi connectivity index (χ0n) is 14.6. The second kappa shape index (κ2) is 7.65. The van der Waals surface area contributed by atoms with E-state index in [-0.39, 0.29) is 0 Å². The van der Waals surface area contributed by atoms with E-state index in [9.17, 15) is 0 Å². The third-order valence-electron chi connectivity index (χ3n) is 3.00. The van der Waals surface area contributed by atoms with Gasteiger partial charge < -0.3 is 9.47 Å². The SMILES string of the molecule is C[Si](C)(C)C#CCCC1(CCC#C[Si](C)(C)C)OCCO1. The molecule has 0 atom stereocenters. The molecule has 2 nitrogen and oxygen atoms in total. The van der Waals surface area contributed by atoms with Crippen molar-refractivity contribution in [1.29, 1.82) is 0 Å². The average molecular weight is 323 g/mol. The van der Waals surface area contributed by atoms with Crippen LogP contribution in [0.15, 0.2) is 0 Å². The van der Waals surface area contributed by atoms with Gasteiger partial charge in [-0.3, -0.25) is 0 Å². The van der Waals surface area contributed by atoms with Crippen molar-refractivity contribution in [2.24, 2.45) is 0 Å². The summed E-state index contributed by atoms with van der Waals surface area (Å²) in [4.78, 5) is 0. The lowest BCUT2D eigenvalue weighted by Crippen LogP contribution is -2.30. The molecule has 0 unspecified atom stereocenters. The third kappa shape index (κ3) is 8.48. The van der Waals surface area contributed by atoms with Gasteiger partial charge in [0.25, 0.3) is 0 Å². The van der Waals surface area contributed by atoms with Crippen molar-refractivity contribution in [3.8, 4) is 22.9 Å². The summed E-state index contributed by atoms with van der Waals surface area (Å²) < 4.78 is 11.7. The van der Waals surface area contributed by atoms with E-state index in [2.05, 4.69) is 62.2 Å². The van der Waals surface area contributed by atoms with Gasteiger partial charge in [0.2, 0.25) is 0 Å². The van der Waals surface area contributed by atoms with Crippen molar-refractivity contribution in [2.75, 3.05) is 13.2 Å². The maximum absolute atomic E-state index is 5.87. The Balaban J connectivity index is 2.50. The first-order chi connectivity index (χ1) is 9.62. The fourth-order valence-corrected chi connectivity index (χ4v) is 3.38. The molecule has 0 radical (unpaired) electrons. The Morgan fingerprint density at radius 3 is 1.48 bits per heavy atom. The van der Waals surface area contributed by atoms with Gasteiger partial charge in [-0.15, -0.1) is 22.9 Å². The fraction of sp³-hybridized carbons (Fsp3) is 0.765. The normalized spacial score (nSPS) is 17.6. The van der Waals surface area contributed by atoms with Crippen LogP contribution in [0.25, 0.3) is 0 Å². The molecule has 1 fully saturated rings. The molecule has 0 aromatic heterocycles. The van der Waals surface area contributed by atoms with E-state index < -0.39 is 21.9 Å². The molecule has 118 valence electrons. The monoisotopic (exact) mass is 322 g/mol. The lowest BCUT2D eigenvalue weighted by molar-refractivity contribution is -0.164. The molecule has 1 saturated heterocycles. The Labute approximate surface area is 133 Å². The van der Waals surface area contributed by atoms with Gasteiger partial charge in [-0.1, -0.05) is 39.3 Å². The highest BCUT2D eigenvalue weighted by Gasteiger charge is 2.35. The van der Waals surface area contributed by atoms with Crippen molar-refractivity contribution in [1.82, 2.24) is 0 Å². The molecule has 0 aromatic rings. The molecule has 1 heterocycles. The second-order valence-corrected chi connectivity index (χ2v) is 17.2. The molecule has 1 aliphatic rings.